The van der Waals surface area contributed by atoms with Gasteiger partial charge in [0.05, 0.1) is 0 Å². The number of nitrogens with zero attached hydrogens (tertiary/aromatic N) is 3. The van der Waals surface area contributed by atoms with Gasteiger partial charge in [0.2, 0.25) is 5.91 Å². The van der Waals surface area contributed by atoms with Crippen LogP contribution in [0.3, 0.4) is 0 Å². The molecule has 1 unspecified atom stereocenters. The van der Waals surface area contributed by atoms with Gasteiger partial charge in [-0.1, -0.05) is 0 Å². The first-order valence-electron chi connectivity index (χ1n) is 6.29. The van der Waals surface area contributed by atoms with Crippen molar-refractivity contribution in [2.75, 3.05) is 13.1 Å². The molecule has 2 rings (SSSR count). The molecule has 0 saturated carbocycles. The third-order valence-corrected chi connectivity index (χ3v) is 3.38. The van der Waals surface area contributed by atoms with Crippen molar-refractivity contribution in [1.29, 1.82) is 0 Å². The van der Waals surface area contributed by atoms with Gasteiger partial charge in [0.25, 0.3) is 5.56 Å². The second kappa shape index (κ2) is 6.71. The highest BCUT2D eigenvalue weighted by Gasteiger charge is 2.21. The number of hydrogen-bond donors (Lipinski definition) is 1. The van der Waals surface area contributed by atoms with Gasteiger partial charge >= 0.3 is 5.69 Å². The maximum absolute atomic E-state index is 12.1. The fourth-order valence-electron chi connectivity index (χ4n) is 2.22. The Labute approximate surface area is 122 Å². The Bertz CT molecular complexity index is 595. The number of nitrogens with two attached hydrogens (primary N) is 1. The van der Waals surface area contributed by atoms with E-state index in [4.69, 9.17) is 5.73 Å². The SMILES string of the molecule is Cl.Cn1c(=O)ccn(CC(=O)N2CCCC(N)C2)c1=O. The average molecular weight is 303 g/mol. The largest absolute Gasteiger partial charge is 0.340 e. The van der Waals surface area contributed by atoms with Gasteiger partial charge in [-0.05, 0) is 12.8 Å². The molecule has 1 saturated heterocycles. The lowest BCUT2D eigenvalue weighted by Gasteiger charge is -2.30. The lowest BCUT2D eigenvalue weighted by Crippen LogP contribution is -2.48. The fourth-order valence-corrected chi connectivity index (χ4v) is 2.22. The molecule has 1 atom stereocenters. The third-order valence-electron chi connectivity index (χ3n) is 3.38. The normalized spacial score (nSPS) is 18.5. The van der Waals surface area contributed by atoms with Crippen LogP contribution < -0.4 is 17.0 Å². The van der Waals surface area contributed by atoms with Crippen LogP contribution in [0.2, 0.25) is 0 Å². The zero-order valence-electron chi connectivity index (χ0n) is 11.3. The lowest BCUT2D eigenvalue weighted by atomic mass is 10.1. The molecule has 8 heteroatoms. The smallest absolute Gasteiger partial charge is 0.331 e. The minimum absolute atomic E-state index is 0. The Morgan fingerprint density at radius 2 is 2.15 bits per heavy atom. The first kappa shape index (κ1) is 16.5. The van der Waals surface area contributed by atoms with Gasteiger partial charge in [-0.25, -0.2) is 4.79 Å². The average Bonchev–Trinajstić information content (AvgIpc) is 2.39. The summed E-state index contributed by atoms with van der Waals surface area (Å²) in [5.41, 5.74) is 4.96. The fraction of sp³-hybridized carbons (Fsp3) is 0.583. The van der Waals surface area contributed by atoms with Crippen molar-refractivity contribution in [3.63, 3.8) is 0 Å². The zero-order chi connectivity index (χ0) is 14.0. The summed E-state index contributed by atoms with van der Waals surface area (Å²) in [4.78, 5) is 36.8. The van der Waals surface area contributed by atoms with Crippen LogP contribution in [0.4, 0.5) is 0 Å². The molecule has 1 aliphatic heterocycles. The summed E-state index contributed by atoms with van der Waals surface area (Å²) in [7, 11) is 1.39. The topological polar surface area (TPSA) is 90.3 Å². The first-order chi connectivity index (χ1) is 8.99. The van der Waals surface area contributed by atoms with Crippen LogP contribution >= 0.6 is 12.4 Å². The summed E-state index contributed by atoms with van der Waals surface area (Å²) in [5, 5.41) is 0. The van der Waals surface area contributed by atoms with Crippen LogP contribution in [0.1, 0.15) is 12.8 Å². The molecule has 1 aromatic heterocycles. The van der Waals surface area contributed by atoms with Crippen LogP contribution in [0.25, 0.3) is 0 Å². The molecule has 2 heterocycles. The summed E-state index contributed by atoms with van der Waals surface area (Å²) in [6, 6.07) is 1.28. The van der Waals surface area contributed by atoms with E-state index in [0.29, 0.717) is 13.1 Å². The van der Waals surface area contributed by atoms with Crippen molar-refractivity contribution in [3.05, 3.63) is 33.1 Å². The van der Waals surface area contributed by atoms with Crippen molar-refractivity contribution in [1.82, 2.24) is 14.0 Å². The molecule has 0 aliphatic carbocycles. The Morgan fingerprint density at radius 3 is 2.80 bits per heavy atom. The van der Waals surface area contributed by atoms with Crippen molar-refractivity contribution < 1.29 is 4.79 Å². The Morgan fingerprint density at radius 1 is 1.45 bits per heavy atom. The molecule has 7 nitrogen and oxygen atoms in total. The molecule has 1 amide bonds. The summed E-state index contributed by atoms with van der Waals surface area (Å²) in [5.74, 6) is -0.143. The molecule has 2 N–H and O–H groups in total. The standard InChI is InChI=1S/C12H18N4O3.ClH/c1-14-10(17)4-6-16(12(14)19)8-11(18)15-5-2-3-9(13)7-15;/h4,6,9H,2-3,5,7-8,13H2,1H3;1H. The molecule has 1 aromatic rings. The number of rotatable bonds is 2. The molecular weight excluding hydrogens is 284 g/mol. The highest BCUT2D eigenvalue weighted by atomic mass is 35.5. The van der Waals surface area contributed by atoms with E-state index in [0.717, 1.165) is 17.4 Å². The predicted molar refractivity (Wildman–Crippen MR) is 77.0 cm³/mol. The van der Waals surface area contributed by atoms with E-state index in [1.807, 2.05) is 0 Å². The number of halogens is 1. The van der Waals surface area contributed by atoms with Gasteiger partial charge in [-0.15, -0.1) is 12.4 Å². The van der Waals surface area contributed by atoms with Gasteiger partial charge in [0.15, 0.2) is 0 Å². The molecule has 1 aliphatic rings. The van der Waals surface area contributed by atoms with E-state index < -0.39 is 5.69 Å². The highest BCUT2D eigenvalue weighted by molar-refractivity contribution is 5.85. The Balaban J connectivity index is 0.00000200. The predicted octanol–water partition coefficient (Wildman–Crippen LogP) is -1.08. The molecule has 0 aromatic carbocycles. The van der Waals surface area contributed by atoms with Crippen molar-refractivity contribution in [2.45, 2.75) is 25.4 Å². The number of hydrogen-bond acceptors (Lipinski definition) is 4. The van der Waals surface area contributed by atoms with Gasteiger partial charge in [-0.3, -0.25) is 18.7 Å². The number of carbonyl (C=O) groups is 1. The second-order valence-corrected chi connectivity index (χ2v) is 4.87. The van der Waals surface area contributed by atoms with Crippen LogP contribution in [-0.4, -0.2) is 39.1 Å². The molecule has 0 spiro atoms. The van der Waals surface area contributed by atoms with Gasteiger partial charge in [0.1, 0.15) is 6.54 Å². The molecule has 0 radical (unpaired) electrons. The van der Waals surface area contributed by atoms with Crippen LogP contribution in [0, 0.1) is 0 Å². The van der Waals surface area contributed by atoms with E-state index in [2.05, 4.69) is 0 Å². The van der Waals surface area contributed by atoms with E-state index in [1.165, 1.54) is 23.9 Å². The molecular formula is C12H19ClN4O3. The maximum Gasteiger partial charge on any atom is 0.331 e. The molecule has 20 heavy (non-hydrogen) atoms. The minimum Gasteiger partial charge on any atom is -0.340 e. The van der Waals surface area contributed by atoms with Crippen LogP contribution in [-0.2, 0) is 18.4 Å². The van der Waals surface area contributed by atoms with Crippen LogP contribution in [0.15, 0.2) is 21.9 Å². The minimum atomic E-state index is -0.484. The molecule has 112 valence electrons. The van der Waals surface area contributed by atoms with Gasteiger partial charge in [0, 0.05) is 38.4 Å². The third kappa shape index (κ3) is 3.49. The number of piperidine rings is 1. The summed E-state index contributed by atoms with van der Waals surface area (Å²) in [6.45, 7) is 1.14. The maximum atomic E-state index is 12.1. The van der Waals surface area contributed by atoms with Gasteiger partial charge < -0.3 is 10.6 Å². The van der Waals surface area contributed by atoms with Gasteiger partial charge in [-0.2, -0.15) is 0 Å². The number of amides is 1. The Hall–Kier alpha value is -1.60. The number of likely N-dealkylation sites (tertiary alicyclic amines) is 1. The second-order valence-electron chi connectivity index (χ2n) is 4.87. The van der Waals surface area contributed by atoms with Crippen molar-refractivity contribution >= 4 is 18.3 Å². The van der Waals surface area contributed by atoms with Crippen LogP contribution in [0.5, 0.6) is 0 Å². The van der Waals surface area contributed by atoms with Crippen molar-refractivity contribution in [2.24, 2.45) is 12.8 Å². The summed E-state index contributed by atoms with van der Waals surface area (Å²) < 4.78 is 2.22. The van der Waals surface area contributed by atoms with E-state index in [-0.39, 0.29) is 36.5 Å². The number of aromatic nitrogens is 2. The van der Waals surface area contributed by atoms with E-state index >= 15 is 0 Å². The first-order valence-corrected chi connectivity index (χ1v) is 6.29. The van der Waals surface area contributed by atoms with Crippen molar-refractivity contribution in [3.8, 4) is 0 Å². The zero-order valence-corrected chi connectivity index (χ0v) is 12.1. The number of carbonyl (C=O) groups excluding carboxylic acids is 1. The van der Waals surface area contributed by atoms with E-state index in [1.54, 1.807) is 4.90 Å². The molecule has 0 bridgehead atoms. The summed E-state index contributed by atoms with van der Waals surface area (Å²) in [6.07, 6.45) is 3.16. The lowest BCUT2D eigenvalue weighted by molar-refractivity contribution is -0.133. The highest BCUT2D eigenvalue weighted by Crippen LogP contribution is 2.08. The molecule has 1 fully saturated rings. The summed E-state index contributed by atoms with van der Waals surface area (Å²) >= 11 is 0. The Kier molecular flexibility index (Phi) is 5.52. The van der Waals surface area contributed by atoms with E-state index in [9.17, 15) is 14.4 Å². The quantitative estimate of drug-likeness (QED) is 0.752. The monoisotopic (exact) mass is 302 g/mol.